The normalized spacial score (nSPS) is 10.7. The van der Waals surface area contributed by atoms with Gasteiger partial charge < -0.3 is 4.74 Å². The Morgan fingerprint density at radius 3 is 2.78 bits per heavy atom. The average molecular weight is 286 g/mol. The summed E-state index contributed by atoms with van der Waals surface area (Å²) in [7, 11) is 1.84. The highest BCUT2D eigenvalue weighted by Gasteiger charge is 2.14. The van der Waals surface area contributed by atoms with E-state index in [0.717, 1.165) is 17.8 Å². The van der Waals surface area contributed by atoms with E-state index in [0.29, 0.717) is 22.5 Å². The maximum Gasteiger partial charge on any atom is 0.171 e. The van der Waals surface area contributed by atoms with Crippen LogP contribution in [-0.2, 0) is 20.1 Å². The smallest absolute Gasteiger partial charge is 0.171 e. The van der Waals surface area contributed by atoms with E-state index in [1.807, 2.05) is 14.0 Å². The molecule has 0 aliphatic carbocycles. The molecular weight excluding hydrogens is 273 g/mol. The first-order chi connectivity index (χ1) is 8.63. The number of ether oxygens (including phenoxy) is 1. The monoisotopic (exact) mass is 285 g/mol. The molecule has 0 aliphatic heterocycles. The molecule has 0 bridgehead atoms. The minimum atomic E-state index is 0.313. The zero-order chi connectivity index (χ0) is 13.1. The molecule has 2 heterocycles. The van der Waals surface area contributed by atoms with Crippen molar-refractivity contribution in [3.8, 4) is 5.75 Å². The third kappa shape index (κ3) is 2.60. The summed E-state index contributed by atoms with van der Waals surface area (Å²) in [5, 5.41) is 5.31. The van der Waals surface area contributed by atoms with Crippen molar-refractivity contribution in [2.75, 3.05) is 0 Å². The summed E-state index contributed by atoms with van der Waals surface area (Å²) >= 11 is 12.1. The van der Waals surface area contributed by atoms with Crippen LogP contribution in [0.4, 0.5) is 0 Å². The molecule has 0 radical (unpaired) electrons. The van der Waals surface area contributed by atoms with Gasteiger partial charge in [-0.2, -0.15) is 5.10 Å². The molecule has 18 heavy (non-hydrogen) atoms. The highest BCUT2D eigenvalue weighted by Crippen LogP contribution is 2.25. The van der Waals surface area contributed by atoms with Crippen molar-refractivity contribution in [3.63, 3.8) is 0 Å². The van der Waals surface area contributed by atoms with Crippen molar-refractivity contribution in [3.05, 3.63) is 39.9 Å². The standard InChI is InChI=1S/C12H13Cl2N3O/c1-3-8-11(13)9(17(2)16-8)7-18-10-5-4-6-15-12(10)14/h4-6H,3,7H2,1-2H3. The number of hydrogen-bond donors (Lipinski definition) is 0. The van der Waals surface area contributed by atoms with Gasteiger partial charge in [0.1, 0.15) is 6.61 Å². The first-order valence-electron chi connectivity index (χ1n) is 5.57. The number of rotatable bonds is 4. The van der Waals surface area contributed by atoms with Crippen LogP contribution in [0.25, 0.3) is 0 Å². The summed E-state index contributed by atoms with van der Waals surface area (Å²) < 4.78 is 7.33. The van der Waals surface area contributed by atoms with E-state index in [9.17, 15) is 0 Å². The van der Waals surface area contributed by atoms with Crippen LogP contribution in [0, 0.1) is 0 Å². The molecule has 0 saturated heterocycles. The molecule has 0 amide bonds. The molecular formula is C12H13Cl2N3O. The quantitative estimate of drug-likeness (QED) is 0.810. The Kier molecular flexibility index (Phi) is 4.09. The summed E-state index contributed by atoms with van der Waals surface area (Å²) in [4.78, 5) is 3.94. The summed E-state index contributed by atoms with van der Waals surface area (Å²) in [6.45, 7) is 2.32. The van der Waals surface area contributed by atoms with E-state index in [-0.39, 0.29) is 0 Å². The molecule has 0 aromatic carbocycles. The Balaban J connectivity index is 2.16. The van der Waals surface area contributed by atoms with E-state index >= 15 is 0 Å². The lowest BCUT2D eigenvalue weighted by Crippen LogP contribution is -2.04. The lowest BCUT2D eigenvalue weighted by molar-refractivity contribution is 0.294. The Morgan fingerprint density at radius 1 is 1.39 bits per heavy atom. The topological polar surface area (TPSA) is 39.9 Å². The van der Waals surface area contributed by atoms with Crippen molar-refractivity contribution < 1.29 is 4.74 Å². The lowest BCUT2D eigenvalue weighted by atomic mass is 10.3. The van der Waals surface area contributed by atoms with E-state index in [2.05, 4.69) is 10.1 Å². The van der Waals surface area contributed by atoms with Crippen molar-refractivity contribution >= 4 is 23.2 Å². The molecule has 0 saturated carbocycles. The molecule has 6 heteroatoms. The molecule has 2 rings (SSSR count). The zero-order valence-corrected chi connectivity index (χ0v) is 11.7. The number of hydrogen-bond acceptors (Lipinski definition) is 3. The molecule has 96 valence electrons. The SMILES string of the molecule is CCc1nn(C)c(COc2cccnc2Cl)c1Cl. The fraction of sp³-hybridized carbons (Fsp3) is 0.333. The number of nitrogens with zero attached hydrogens (tertiary/aromatic N) is 3. The number of pyridine rings is 1. The molecule has 0 unspecified atom stereocenters. The van der Waals surface area contributed by atoms with Crippen LogP contribution in [0.1, 0.15) is 18.3 Å². The molecule has 0 aliphatic rings. The first kappa shape index (κ1) is 13.2. The maximum atomic E-state index is 6.22. The summed E-state index contributed by atoms with van der Waals surface area (Å²) in [6.07, 6.45) is 2.40. The van der Waals surface area contributed by atoms with E-state index in [4.69, 9.17) is 27.9 Å². The molecule has 2 aromatic heterocycles. The van der Waals surface area contributed by atoms with E-state index in [1.54, 1.807) is 23.0 Å². The van der Waals surface area contributed by atoms with Gasteiger partial charge in [-0.15, -0.1) is 0 Å². The second-order valence-electron chi connectivity index (χ2n) is 3.77. The van der Waals surface area contributed by atoms with Gasteiger partial charge in [0.05, 0.1) is 16.4 Å². The predicted octanol–water partition coefficient (Wildman–Crippen LogP) is 3.26. The lowest BCUT2D eigenvalue weighted by Gasteiger charge is -2.07. The fourth-order valence-corrected chi connectivity index (χ4v) is 2.12. The first-order valence-corrected chi connectivity index (χ1v) is 6.32. The van der Waals surface area contributed by atoms with Crippen LogP contribution >= 0.6 is 23.2 Å². The average Bonchev–Trinajstić information content (AvgIpc) is 2.64. The highest BCUT2D eigenvalue weighted by atomic mass is 35.5. The van der Waals surface area contributed by atoms with Crippen LogP contribution < -0.4 is 4.74 Å². The minimum absolute atomic E-state index is 0.313. The molecule has 0 N–H and O–H groups in total. The molecule has 0 fully saturated rings. The van der Waals surface area contributed by atoms with Gasteiger partial charge in [0.25, 0.3) is 0 Å². The Morgan fingerprint density at radius 2 is 2.17 bits per heavy atom. The molecule has 0 atom stereocenters. The number of aromatic nitrogens is 3. The van der Waals surface area contributed by atoms with Gasteiger partial charge in [-0.05, 0) is 18.6 Å². The van der Waals surface area contributed by atoms with Gasteiger partial charge in [0, 0.05) is 13.2 Å². The highest BCUT2D eigenvalue weighted by molar-refractivity contribution is 6.32. The number of halogens is 2. The Labute approximate surface area is 115 Å². The summed E-state index contributed by atoms with van der Waals surface area (Å²) in [6, 6.07) is 3.53. The van der Waals surface area contributed by atoms with E-state index in [1.165, 1.54) is 0 Å². The minimum Gasteiger partial charge on any atom is -0.484 e. The van der Waals surface area contributed by atoms with Gasteiger partial charge in [-0.25, -0.2) is 4.98 Å². The van der Waals surface area contributed by atoms with Gasteiger partial charge >= 0.3 is 0 Å². The van der Waals surface area contributed by atoms with Crippen molar-refractivity contribution in [2.45, 2.75) is 20.0 Å². The second kappa shape index (κ2) is 5.59. The molecule has 2 aromatic rings. The van der Waals surface area contributed by atoms with E-state index < -0.39 is 0 Å². The van der Waals surface area contributed by atoms with Crippen LogP contribution in [0.15, 0.2) is 18.3 Å². The largest absolute Gasteiger partial charge is 0.484 e. The van der Waals surface area contributed by atoms with Crippen molar-refractivity contribution in [2.24, 2.45) is 7.05 Å². The molecule has 0 spiro atoms. The summed E-state index contributed by atoms with van der Waals surface area (Å²) in [5.41, 5.74) is 1.70. The third-order valence-electron chi connectivity index (χ3n) is 2.59. The van der Waals surface area contributed by atoms with Gasteiger partial charge in [-0.1, -0.05) is 30.1 Å². The predicted molar refractivity (Wildman–Crippen MR) is 71.2 cm³/mol. The van der Waals surface area contributed by atoms with Crippen LogP contribution in [0.5, 0.6) is 5.75 Å². The van der Waals surface area contributed by atoms with Crippen molar-refractivity contribution in [1.82, 2.24) is 14.8 Å². The molecule has 4 nitrogen and oxygen atoms in total. The van der Waals surface area contributed by atoms with Crippen LogP contribution in [0.2, 0.25) is 10.2 Å². The van der Waals surface area contributed by atoms with Gasteiger partial charge in [0.2, 0.25) is 0 Å². The van der Waals surface area contributed by atoms with Crippen LogP contribution in [-0.4, -0.2) is 14.8 Å². The van der Waals surface area contributed by atoms with Crippen molar-refractivity contribution in [1.29, 1.82) is 0 Å². The Bertz CT molecular complexity index is 554. The maximum absolute atomic E-state index is 6.22. The van der Waals surface area contributed by atoms with Gasteiger partial charge in [0.15, 0.2) is 10.9 Å². The number of aryl methyl sites for hydroxylation is 2. The van der Waals surface area contributed by atoms with Crippen LogP contribution in [0.3, 0.4) is 0 Å². The summed E-state index contributed by atoms with van der Waals surface area (Å²) in [5.74, 6) is 0.537. The zero-order valence-electron chi connectivity index (χ0n) is 10.2. The van der Waals surface area contributed by atoms with Gasteiger partial charge in [-0.3, -0.25) is 4.68 Å². The Hall–Kier alpha value is -1.26. The second-order valence-corrected chi connectivity index (χ2v) is 4.50. The fourth-order valence-electron chi connectivity index (χ4n) is 1.60. The third-order valence-corrected chi connectivity index (χ3v) is 3.31.